The lowest BCUT2D eigenvalue weighted by Crippen LogP contribution is -2.29. The van der Waals surface area contributed by atoms with Gasteiger partial charge in [-0.3, -0.25) is 9.59 Å². The Morgan fingerprint density at radius 3 is 1.75 bits per heavy atom. The van der Waals surface area contributed by atoms with Crippen LogP contribution in [0.2, 0.25) is 0 Å². The molecule has 0 aliphatic rings. The van der Waals surface area contributed by atoms with Crippen LogP contribution in [0.4, 0.5) is 0 Å². The van der Waals surface area contributed by atoms with Crippen molar-refractivity contribution in [3.8, 4) is 17.0 Å². The molecule has 1 N–H and O–H groups in total. The van der Waals surface area contributed by atoms with Gasteiger partial charge in [0.25, 0.3) is 5.56 Å². The quantitative estimate of drug-likeness (QED) is 0.292. The van der Waals surface area contributed by atoms with E-state index in [-0.39, 0.29) is 41.2 Å². The highest BCUT2D eigenvalue weighted by Crippen LogP contribution is 2.34. The largest absolute Gasteiger partial charge is 0.507 e. The number of benzene rings is 4. The van der Waals surface area contributed by atoms with Gasteiger partial charge in [-0.2, -0.15) is 0 Å². The zero-order valence-corrected chi connectivity index (χ0v) is 19.7. The van der Waals surface area contributed by atoms with Crippen molar-refractivity contribution in [1.82, 2.24) is 4.57 Å². The molecule has 5 rings (SSSR count). The number of carbonyl (C=O) groups is 1. The van der Waals surface area contributed by atoms with Crippen LogP contribution in [0.3, 0.4) is 0 Å². The van der Waals surface area contributed by atoms with Crippen molar-refractivity contribution in [2.75, 3.05) is 0 Å². The Balaban J connectivity index is 1.82. The first kappa shape index (κ1) is 23.1. The third-order valence-corrected chi connectivity index (χ3v) is 6.25. The molecule has 1 aromatic heterocycles. The van der Waals surface area contributed by atoms with Crippen LogP contribution in [0.5, 0.6) is 5.75 Å². The van der Waals surface area contributed by atoms with Crippen molar-refractivity contribution in [3.05, 3.63) is 159 Å². The number of ketones is 1. The summed E-state index contributed by atoms with van der Waals surface area (Å²) in [5.41, 5.74) is 3.36. The first-order valence-electron chi connectivity index (χ1n) is 11.8. The lowest BCUT2D eigenvalue weighted by atomic mass is 9.93. The molecule has 1 heterocycles. The van der Waals surface area contributed by atoms with Gasteiger partial charge < -0.3 is 9.67 Å². The number of carbonyl (C=O) groups excluding carboxylic acids is 1. The average molecular weight is 472 g/mol. The average Bonchev–Trinajstić information content (AvgIpc) is 2.94. The van der Waals surface area contributed by atoms with Crippen molar-refractivity contribution >= 4 is 5.78 Å². The molecule has 176 valence electrons. The van der Waals surface area contributed by atoms with E-state index in [9.17, 15) is 14.7 Å². The Morgan fingerprint density at radius 2 is 1.17 bits per heavy atom. The van der Waals surface area contributed by atoms with Gasteiger partial charge in [0, 0.05) is 12.0 Å². The first-order chi connectivity index (χ1) is 17.6. The zero-order chi connectivity index (χ0) is 24.9. The van der Waals surface area contributed by atoms with Gasteiger partial charge in [-0.15, -0.1) is 0 Å². The highest BCUT2D eigenvalue weighted by molar-refractivity contribution is 6.14. The molecule has 0 amide bonds. The smallest absolute Gasteiger partial charge is 0.258 e. The number of hydrogen-bond acceptors (Lipinski definition) is 3. The third-order valence-electron chi connectivity index (χ3n) is 6.25. The van der Waals surface area contributed by atoms with Crippen LogP contribution >= 0.6 is 0 Å². The minimum absolute atomic E-state index is 0.133. The fraction of sp³-hybridized carbons (Fsp3) is 0.0625. The monoisotopic (exact) mass is 471 g/mol. The molecular weight excluding hydrogens is 446 g/mol. The van der Waals surface area contributed by atoms with Gasteiger partial charge in [0.05, 0.1) is 23.4 Å². The molecule has 0 aliphatic heterocycles. The molecule has 0 unspecified atom stereocenters. The van der Waals surface area contributed by atoms with E-state index in [4.69, 9.17) is 0 Å². The second-order valence-electron chi connectivity index (χ2n) is 8.65. The van der Waals surface area contributed by atoms with Crippen molar-refractivity contribution in [2.45, 2.75) is 13.0 Å². The predicted molar refractivity (Wildman–Crippen MR) is 142 cm³/mol. The second-order valence-corrected chi connectivity index (χ2v) is 8.65. The topological polar surface area (TPSA) is 59.3 Å². The Kier molecular flexibility index (Phi) is 6.59. The normalized spacial score (nSPS) is 10.8. The second kappa shape index (κ2) is 10.3. The van der Waals surface area contributed by atoms with Gasteiger partial charge in [0.1, 0.15) is 5.75 Å². The van der Waals surface area contributed by atoms with Crippen molar-refractivity contribution in [3.63, 3.8) is 0 Å². The Labute approximate surface area is 209 Å². The summed E-state index contributed by atoms with van der Waals surface area (Å²) in [5.74, 6) is -0.594. The molecule has 0 aliphatic carbocycles. The number of hydrogen-bond donors (Lipinski definition) is 1. The summed E-state index contributed by atoms with van der Waals surface area (Å²) >= 11 is 0. The molecule has 0 saturated carbocycles. The van der Waals surface area contributed by atoms with Crippen molar-refractivity contribution in [1.29, 1.82) is 0 Å². The lowest BCUT2D eigenvalue weighted by molar-refractivity contribution is 0.103. The number of aromatic nitrogens is 1. The van der Waals surface area contributed by atoms with E-state index in [2.05, 4.69) is 0 Å². The summed E-state index contributed by atoms with van der Waals surface area (Å²) in [6, 6.07) is 37.3. The Hall–Kier alpha value is -4.70. The molecule has 4 aromatic carbocycles. The summed E-state index contributed by atoms with van der Waals surface area (Å²) in [5, 5.41) is 11.6. The molecule has 4 nitrogen and oxygen atoms in total. The van der Waals surface area contributed by atoms with Gasteiger partial charge in [-0.1, -0.05) is 121 Å². The molecule has 0 bridgehead atoms. The highest BCUT2D eigenvalue weighted by Gasteiger charge is 2.28. The van der Waals surface area contributed by atoms with E-state index < -0.39 is 0 Å². The fourth-order valence-electron chi connectivity index (χ4n) is 4.49. The SMILES string of the molecule is O=C(c1ccccc1)c1c(O)c(Cc2ccccc2)c(=O)n(Cc2ccccc2)c1-c1ccccc1. The zero-order valence-electron chi connectivity index (χ0n) is 19.7. The van der Waals surface area contributed by atoms with Crippen molar-refractivity contribution < 1.29 is 9.90 Å². The van der Waals surface area contributed by atoms with Crippen LogP contribution < -0.4 is 5.56 Å². The summed E-state index contributed by atoms with van der Waals surface area (Å²) in [6.45, 7) is 0.265. The van der Waals surface area contributed by atoms with Gasteiger partial charge in [0.15, 0.2) is 5.78 Å². The van der Waals surface area contributed by atoms with Gasteiger partial charge in [-0.25, -0.2) is 0 Å². The number of nitrogens with zero attached hydrogens (tertiary/aromatic N) is 1. The number of pyridine rings is 1. The first-order valence-corrected chi connectivity index (χ1v) is 11.8. The van der Waals surface area contributed by atoms with Gasteiger partial charge >= 0.3 is 0 Å². The van der Waals surface area contributed by atoms with Crippen molar-refractivity contribution in [2.24, 2.45) is 0 Å². The van der Waals surface area contributed by atoms with Crippen LogP contribution in [0.1, 0.15) is 32.6 Å². The van der Waals surface area contributed by atoms with Crippen LogP contribution in [0, 0.1) is 0 Å². The third kappa shape index (κ3) is 4.62. The minimum Gasteiger partial charge on any atom is -0.507 e. The molecule has 0 fully saturated rings. The highest BCUT2D eigenvalue weighted by atomic mass is 16.3. The summed E-state index contributed by atoms with van der Waals surface area (Å²) in [4.78, 5) is 27.9. The van der Waals surface area contributed by atoms with E-state index in [0.717, 1.165) is 11.1 Å². The van der Waals surface area contributed by atoms with E-state index in [0.29, 0.717) is 16.8 Å². The summed E-state index contributed by atoms with van der Waals surface area (Å²) in [6.07, 6.45) is 0.213. The molecule has 4 heteroatoms. The number of aromatic hydroxyl groups is 1. The van der Waals surface area contributed by atoms with Crippen LogP contribution in [0.25, 0.3) is 11.3 Å². The molecular formula is C32H25NO3. The van der Waals surface area contributed by atoms with Crippen LogP contribution in [-0.2, 0) is 13.0 Å². The molecule has 0 spiro atoms. The van der Waals surface area contributed by atoms with E-state index >= 15 is 0 Å². The van der Waals surface area contributed by atoms with E-state index in [1.807, 2.05) is 97.1 Å². The van der Waals surface area contributed by atoms with E-state index in [1.165, 1.54) is 0 Å². The maximum Gasteiger partial charge on any atom is 0.258 e. The van der Waals surface area contributed by atoms with Crippen LogP contribution in [0.15, 0.2) is 126 Å². The van der Waals surface area contributed by atoms with Crippen LogP contribution in [-0.4, -0.2) is 15.5 Å². The standard InChI is InChI=1S/C32H25NO3/c34-30(26-19-11-4-12-20-26)28-29(25-17-9-3-10-18-25)33(22-24-15-7-2-8-16-24)32(36)27(31(28)35)21-23-13-5-1-6-14-23/h1-20,35H,21-22H2. The minimum atomic E-state index is -0.330. The predicted octanol–water partition coefficient (Wildman–Crippen LogP) is 6.09. The molecule has 0 radical (unpaired) electrons. The number of rotatable bonds is 7. The van der Waals surface area contributed by atoms with Gasteiger partial charge in [-0.05, 0) is 16.7 Å². The maximum atomic E-state index is 14.0. The van der Waals surface area contributed by atoms with Gasteiger partial charge in [0.2, 0.25) is 0 Å². The Morgan fingerprint density at radius 1 is 0.667 bits per heavy atom. The molecule has 0 saturated heterocycles. The molecule has 5 aromatic rings. The molecule has 36 heavy (non-hydrogen) atoms. The molecule has 0 atom stereocenters. The summed E-state index contributed by atoms with van der Waals surface area (Å²) in [7, 11) is 0. The fourth-order valence-corrected chi connectivity index (χ4v) is 4.49. The summed E-state index contributed by atoms with van der Waals surface area (Å²) < 4.78 is 1.62. The van der Waals surface area contributed by atoms with E-state index in [1.54, 1.807) is 28.8 Å². The lowest BCUT2D eigenvalue weighted by Gasteiger charge is -2.21. The Bertz CT molecular complexity index is 1540. The maximum absolute atomic E-state index is 14.0.